The summed E-state index contributed by atoms with van der Waals surface area (Å²) in [6.45, 7) is 2.66. The molecule has 0 saturated heterocycles. The quantitative estimate of drug-likeness (QED) is 0.521. The Kier molecular flexibility index (Phi) is 4.49. The van der Waals surface area contributed by atoms with Crippen LogP contribution in [0.15, 0.2) is 68.9 Å². The van der Waals surface area contributed by atoms with Gasteiger partial charge in [-0.1, -0.05) is 17.7 Å². The van der Waals surface area contributed by atoms with Crippen molar-refractivity contribution in [3.8, 4) is 5.75 Å². The number of thioether (sulfide) groups is 1. The molecule has 0 aliphatic carbocycles. The zero-order valence-electron chi connectivity index (χ0n) is 12.2. The van der Waals surface area contributed by atoms with Crippen molar-refractivity contribution in [2.75, 3.05) is 12.4 Å². The highest BCUT2D eigenvalue weighted by molar-refractivity contribution is 7.99. The molecule has 0 unspecified atom stereocenters. The summed E-state index contributed by atoms with van der Waals surface area (Å²) in [6, 6.07) is 15.2. The van der Waals surface area contributed by atoms with Crippen molar-refractivity contribution in [1.29, 1.82) is 0 Å². The summed E-state index contributed by atoms with van der Waals surface area (Å²) in [6.07, 6.45) is 1.41. The molecule has 0 aliphatic heterocycles. The van der Waals surface area contributed by atoms with Gasteiger partial charge in [0, 0.05) is 16.7 Å². The number of fused-ring (bicyclic) bond motifs is 1. The van der Waals surface area contributed by atoms with E-state index in [9.17, 15) is 4.79 Å². The lowest BCUT2D eigenvalue weighted by molar-refractivity contribution is 0.344. The van der Waals surface area contributed by atoms with Crippen LogP contribution in [0.25, 0.3) is 11.0 Å². The first kappa shape index (κ1) is 14.7. The first-order chi connectivity index (χ1) is 10.7. The Morgan fingerprint density at radius 1 is 1.09 bits per heavy atom. The zero-order chi connectivity index (χ0) is 15.4. The molecule has 3 nitrogen and oxygen atoms in total. The molecule has 0 saturated carbocycles. The van der Waals surface area contributed by atoms with Crippen LogP contribution in [0, 0.1) is 6.92 Å². The van der Waals surface area contributed by atoms with Gasteiger partial charge in [-0.05, 0) is 37.3 Å². The van der Waals surface area contributed by atoms with Gasteiger partial charge < -0.3 is 9.15 Å². The second kappa shape index (κ2) is 6.71. The second-order valence-corrected chi connectivity index (χ2v) is 6.12. The first-order valence-corrected chi connectivity index (χ1v) is 8.05. The van der Waals surface area contributed by atoms with Crippen molar-refractivity contribution in [3.05, 3.63) is 70.6 Å². The van der Waals surface area contributed by atoms with Crippen molar-refractivity contribution in [1.82, 2.24) is 0 Å². The van der Waals surface area contributed by atoms with Crippen LogP contribution in [0.2, 0.25) is 0 Å². The number of ether oxygens (including phenoxy) is 1. The van der Waals surface area contributed by atoms with E-state index < -0.39 is 0 Å². The Bertz CT molecular complexity index is 822. The maximum atomic E-state index is 11.8. The van der Waals surface area contributed by atoms with E-state index in [1.54, 1.807) is 23.9 Å². The van der Waals surface area contributed by atoms with Gasteiger partial charge in [0.1, 0.15) is 11.3 Å². The van der Waals surface area contributed by atoms with E-state index in [1.807, 2.05) is 6.07 Å². The summed E-state index contributed by atoms with van der Waals surface area (Å²) in [5.41, 5.74) is 1.78. The van der Waals surface area contributed by atoms with Gasteiger partial charge in [-0.3, -0.25) is 4.79 Å². The molecule has 3 aromatic rings. The molecule has 0 fully saturated rings. The molecule has 1 aromatic heterocycles. The molecule has 0 aliphatic rings. The molecule has 1 heterocycles. The average molecular weight is 312 g/mol. The Balaban J connectivity index is 1.58. The van der Waals surface area contributed by atoms with Gasteiger partial charge in [0.25, 0.3) is 0 Å². The smallest absolute Gasteiger partial charge is 0.192 e. The molecule has 112 valence electrons. The highest BCUT2D eigenvalue weighted by Crippen LogP contribution is 2.20. The molecular weight excluding hydrogens is 296 g/mol. The average Bonchev–Trinajstić information content (AvgIpc) is 2.54. The van der Waals surface area contributed by atoms with Crippen molar-refractivity contribution in [2.45, 2.75) is 11.8 Å². The predicted octanol–water partition coefficient (Wildman–Crippen LogP) is 4.27. The van der Waals surface area contributed by atoms with Crippen LogP contribution in [-0.2, 0) is 0 Å². The number of rotatable bonds is 5. The van der Waals surface area contributed by atoms with Crippen LogP contribution in [0.1, 0.15) is 5.56 Å². The van der Waals surface area contributed by atoms with Crippen LogP contribution in [-0.4, -0.2) is 12.4 Å². The highest BCUT2D eigenvalue weighted by atomic mass is 32.2. The molecule has 0 radical (unpaired) electrons. The molecule has 0 amide bonds. The van der Waals surface area contributed by atoms with E-state index in [-0.39, 0.29) is 5.43 Å². The minimum absolute atomic E-state index is 0.0549. The fourth-order valence-electron chi connectivity index (χ4n) is 2.11. The molecule has 0 bridgehead atoms. The standard InChI is InChI=1S/C18H16O3S/c1-13-2-5-15(6-3-13)22-11-10-20-14-4-7-18-16(12-14)17(19)8-9-21-18/h2-9,12H,10-11H2,1H3. The third-order valence-electron chi connectivity index (χ3n) is 3.27. The molecule has 2 aromatic carbocycles. The Morgan fingerprint density at radius 3 is 2.73 bits per heavy atom. The fraction of sp³-hybridized carbons (Fsp3) is 0.167. The SMILES string of the molecule is Cc1ccc(SCCOc2ccc3occc(=O)c3c2)cc1. The molecule has 0 atom stereocenters. The van der Waals surface area contributed by atoms with Crippen molar-refractivity contribution in [2.24, 2.45) is 0 Å². The molecule has 4 heteroatoms. The number of benzene rings is 2. The molecular formula is C18H16O3S. The Morgan fingerprint density at radius 2 is 1.91 bits per heavy atom. The van der Waals surface area contributed by atoms with Gasteiger partial charge in [-0.15, -0.1) is 11.8 Å². The van der Waals surface area contributed by atoms with Crippen LogP contribution >= 0.6 is 11.8 Å². The number of aryl methyl sites for hydroxylation is 1. The third-order valence-corrected chi connectivity index (χ3v) is 4.25. The van der Waals surface area contributed by atoms with Gasteiger partial charge in [-0.2, -0.15) is 0 Å². The summed E-state index contributed by atoms with van der Waals surface area (Å²) >= 11 is 1.75. The lowest BCUT2D eigenvalue weighted by Gasteiger charge is -2.07. The number of hydrogen-bond donors (Lipinski definition) is 0. The van der Waals surface area contributed by atoms with Crippen LogP contribution in [0.3, 0.4) is 0 Å². The zero-order valence-corrected chi connectivity index (χ0v) is 13.1. The monoisotopic (exact) mass is 312 g/mol. The minimum Gasteiger partial charge on any atom is -0.493 e. The molecule has 0 N–H and O–H groups in total. The highest BCUT2D eigenvalue weighted by Gasteiger charge is 2.02. The maximum Gasteiger partial charge on any atom is 0.192 e. The third kappa shape index (κ3) is 3.52. The Hall–Kier alpha value is -2.20. The number of hydrogen-bond acceptors (Lipinski definition) is 4. The van der Waals surface area contributed by atoms with E-state index >= 15 is 0 Å². The predicted molar refractivity (Wildman–Crippen MR) is 89.9 cm³/mol. The molecule has 0 spiro atoms. The topological polar surface area (TPSA) is 39.4 Å². The van der Waals surface area contributed by atoms with Gasteiger partial charge >= 0.3 is 0 Å². The van der Waals surface area contributed by atoms with Crippen molar-refractivity contribution < 1.29 is 9.15 Å². The van der Waals surface area contributed by atoms with Crippen molar-refractivity contribution >= 4 is 22.7 Å². The summed E-state index contributed by atoms with van der Waals surface area (Å²) < 4.78 is 11.0. The second-order valence-electron chi connectivity index (χ2n) is 4.95. The van der Waals surface area contributed by atoms with Gasteiger partial charge in [0.15, 0.2) is 5.43 Å². The van der Waals surface area contributed by atoms with E-state index in [4.69, 9.17) is 9.15 Å². The van der Waals surface area contributed by atoms with Gasteiger partial charge in [0.05, 0.1) is 18.3 Å². The summed E-state index contributed by atoms with van der Waals surface area (Å²) in [5.74, 6) is 1.54. The maximum absolute atomic E-state index is 11.8. The van der Waals surface area contributed by atoms with E-state index in [1.165, 1.54) is 22.8 Å². The summed E-state index contributed by atoms with van der Waals surface area (Å²) in [4.78, 5) is 13.0. The Labute approximate surface area is 132 Å². The normalized spacial score (nSPS) is 10.8. The van der Waals surface area contributed by atoms with E-state index in [2.05, 4.69) is 31.2 Å². The fourth-order valence-corrected chi connectivity index (χ4v) is 2.84. The summed E-state index contributed by atoms with van der Waals surface area (Å²) in [5, 5.41) is 0.547. The lowest BCUT2D eigenvalue weighted by Crippen LogP contribution is -2.02. The molecule has 3 rings (SSSR count). The van der Waals surface area contributed by atoms with Crippen LogP contribution in [0.5, 0.6) is 5.75 Å². The van der Waals surface area contributed by atoms with Crippen LogP contribution < -0.4 is 10.2 Å². The van der Waals surface area contributed by atoms with Gasteiger partial charge in [-0.25, -0.2) is 0 Å². The van der Waals surface area contributed by atoms with Crippen molar-refractivity contribution in [3.63, 3.8) is 0 Å². The first-order valence-electron chi connectivity index (χ1n) is 7.06. The van der Waals surface area contributed by atoms with Gasteiger partial charge in [0.2, 0.25) is 0 Å². The van der Waals surface area contributed by atoms with E-state index in [0.29, 0.717) is 23.3 Å². The minimum atomic E-state index is -0.0549. The largest absolute Gasteiger partial charge is 0.493 e. The summed E-state index contributed by atoms with van der Waals surface area (Å²) in [7, 11) is 0. The lowest BCUT2D eigenvalue weighted by atomic mass is 10.2. The van der Waals surface area contributed by atoms with Crippen LogP contribution in [0.4, 0.5) is 0 Å². The van der Waals surface area contributed by atoms with E-state index in [0.717, 1.165) is 5.75 Å². The molecule has 22 heavy (non-hydrogen) atoms.